The number of anilines is 1. The summed E-state index contributed by atoms with van der Waals surface area (Å²) in [6.07, 6.45) is 1.74. The summed E-state index contributed by atoms with van der Waals surface area (Å²) in [5.74, 6) is -0.129. The van der Waals surface area contributed by atoms with E-state index in [0.717, 1.165) is 39.3 Å². The van der Waals surface area contributed by atoms with Crippen LogP contribution in [0.1, 0.15) is 28.7 Å². The Hall–Kier alpha value is -1.02. The maximum Gasteiger partial charge on any atom is 0.269 e. The molecule has 1 amide bonds. The molecule has 1 heterocycles. The van der Waals surface area contributed by atoms with Gasteiger partial charge in [0.05, 0.1) is 5.69 Å². The predicted octanol–water partition coefficient (Wildman–Crippen LogP) is 3.35. The van der Waals surface area contributed by atoms with E-state index in [1.54, 1.807) is 0 Å². The Balaban J connectivity index is 2.14. The molecule has 4 nitrogen and oxygen atoms in total. The topological polar surface area (TPSA) is 54.9 Å². The molecule has 0 saturated heterocycles. The van der Waals surface area contributed by atoms with Crippen LogP contribution in [0.2, 0.25) is 0 Å². The van der Waals surface area contributed by atoms with Gasteiger partial charge in [-0.15, -0.1) is 5.10 Å². The van der Waals surface area contributed by atoms with Crippen LogP contribution in [0.4, 0.5) is 5.69 Å². The van der Waals surface area contributed by atoms with Crippen molar-refractivity contribution in [2.45, 2.75) is 19.8 Å². The Kier molecular flexibility index (Phi) is 4.65. The van der Waals surface area contributed by atoms with Crippen molar-refractivity contribution in [1.82, 2.24) is 9.59 Å². The van der Waals surface area contributed by atoms with E-state index in [-0.39, 0.29) is 5.91 Å². The molecule has 0 atom stereocenters. The number of hydrogen-bond acceptors (Lipinski definition) is 4. The third-order valence-electron chi connectivity index (χ3n) is 2.33. The average Bonchev–Trinajstić information content (AvgIpc) is 2.78. The smallest absolute Gasteiger partial charge is 0.269 e. The zero-order valence-corrected chi connectivity index (χ0v) is 12.8. The maximum atomic E-state index is 12.1. The molecule has 2 aromatic rings. The highest BCUT2D eigenvalue weighted by Crippen LogP contribution is 2.17. The third kappa shape index (κ3) is 3.26. The molecule has 1 aromatic heterocycles. The fraction of sp³-hybridized carbons (Fsp3) is 0.250. The summed E-state index contributed by atoms with van der Waals surface area (Å²) < 4.78 is 4.94. The molecule has 6 heteroatoms. The lowest BCUT2D eigenvalue weighted by molar-refractivity contribution is 0.102. The quantitative estimate of drug-likeness (QED) is 0.837. The van der Waals surface area contributed by atoms with Gasteiger partial charge in [-0.3, -0.25) is 4.79 Å². The summed E-state index contributed by atoms with van der Waals surface area (Å²) >= 11 is 3.36. The van der Waals surface area contributed by atoms with Crippen molar-refractivity contribution in [2.75, 3.05) is 5.32 Å². The molecule has 0 fully saturated rings. The van der Waals surface area contributed by atoms with Gasteiger partial charge in [0, 0.05) is 9.26 Å². The first-order valence-electron chi connectivity index (χ1n) is 5.59. The second-order valence-corrected chi connectivity index (χ2v) is 5.76. The van der Waals surface area contributed by atoms with E-state index in [9.17, 15) is 4.79 Å². The second kappa shape index (κ2) is 6.24. The lowest BCUT2D eigenvalue weighted by atomic mass is 10.2. The number of nitrogens with zero attached hydrogens (tertiary/aromatic N) is 2. The zero-order chi connectivity index (χ0) is 13.0. The van der Waals surface area contributed by atoms with E-state index in [1.165, 1.54) is 0 Å². The van der Waals surface area contributed by atoms with E-state index in [2.05, 4.69) is 44.4 Å². The Morgan fingerprint density at radius 2 is 2.33 bits per heavy atom. The molecule has 0 radical (unpaired) electrons. The fourth-order valence-electron chi connectivity index (χ4n) is 1.54. The molecular weight excluding hydrogens is 361 g/mol. The van der Waals surface area contributed by atoms with Crippen LogP contribution < -0.4 is 5.32 Å². The molecule has 1 N–H and O–H groups in total. The van der Waals surface area contributed by atoms with Crippen LogP contribution >= 0.6 is 34.1 Å². The summed E-state index contributed by atoms with van der Waals surface area (Å²) in [4.78, 5) is 12.7. The van der Waals surface area contributed by atoms with Gasteiger partial charge in [0.1, 0.15) is 4.88 Å². The van der Waals surface area contributed by atoms with Crippen LogP contribution in [0.25, 0.3) is 0 Å². The minimum Gasteiger partial charge on any atom is -0.321 e. The van der Waals surface area contributed by atoms with E-state index < -0.39 is 0 Å². The summed E-state index contributed by atoms with van der Waals surface area (Å²) in [6, 6.07) is 7.68. The molecule has 0 aliphatic heterocycles. The predicted molar refractivity (Wildman–Crippen MR) is 81.0 cm³/mol. The van der Waals surface area contributed by atoms with Gasteiger partial charge >= 0.3 is 0 Å². The van der Waals surface area contributed by atoms with Gasteiger partial charge in [-0.2, -0.15) is 0 Å². The van der Waals surface area contributed by atoms with Gasteiger partial charge in [-0.1, -0.05) is 23.9 Å². The summed E-state index contributed by atoms with van der Waals surface area (Å²) in [5.41, 5.74) is 1.58. The molecule has 0 bridgehead atoms. The summed E-state index contributed by atoms with van der Waals surface area (Å²) in [7, 11) is 0. The minimum atomic E-state index is -0.129. The number of aromatic nitrogens is 2. The number of nitrogens with one attached hydrogen (secondary N) is 1. The number of halogens is 1. The van der Waals surface area contributed by atoms with Crippen molar-refractivity contribution in [1.29, 1.82) is 0 Å². The zero-order valence-electron chi connectivity index (χ0n) is 9.81. The molecular formula is C12H12IN3OS. The van der Waals surface area contributed by atoms with E-state index >= 15 is 0 Å². The van der Waals surface area contributed by atoms with Crippen molar-refractivity contribution >= 4 is 45.7 Å². The van der Waals surface area contributed by atoms with Gasteiger partial charge in [-0.05, 0) is 58.7 Å². The van der Waals surface area contributed by atoms with Crippen molar-refractivity contribution < 1.29 is 4.79 Å². The number of carbonyl (C=O) groups excluding carboxylic acids is 1. The number of aryl methyl sites for hydroxylation is 1. The Bertz CT molecular complexity index is 556. The van der Waals surface area contributed by atoms with Gasteiger partial charge in [-0.25, -0.2) is 0 Å². The average molecular weight is 373 g/mol. The van der Waals surface area contributed by atoms with Crippen molar-refractivity contribution in [3.8, 4) is 0 Å². The minimum absolute atomic E-state index is 0.129. The Morgan fingerprint density at radius 3 is 3.06 bits per heavy atom. The fourth-order valence-corrected chi connectivity index (χ4v) is 2.68. The molecule has 94 valence electrons. The van der Waals surface area contributed by atoms with Crippen LogP contribution in [0, 0.1) is 3.57 Å². The molecule has 0 aliphatic rings. The number of hydrogen-bond donors (Lipinski definition) is 1. The van der Waals surface area contributed by atoms with Crippen LogP contribution in [0.15, 0.2) is 24.3 Å². The Morgan fingerprint density at radius 1 is 1.50 bits per heavy atom. The van der Waals surface area contributed by atoms with Gasteiger partial charge in [0.25, 0.3) is 5.91 Å². The normalized spacial score (nSPS) is 10.3. The molecule has 0 unspecified atom stereocenters. The summed E-state index contributed by atoms with van der Waals surface area (Å²) in [5, 5.41) is 6.86. The SMILES string of the molecule is CCCc1nnsc1C(=O)Nc1cccc(I)c1. The van der Waals surface area contributed by atoms with Crippen molar-refractivity contribution in [2.24, 2.45) is 0 Å². The molecule has 18 heavy (non-hydrogen) atoms. The number of benzene rings is 1. The van der Waals surface area contributed by atoms with E-state index in [0.29, 0.717) is 4.88 Å². The highest BCUT2D eigenvalue weighted by atomic mass is 127. The first-order chi connectivity index (χ1) is 8.70. The highest BCUT2D eigenvalue weighted by Gasteiger charge is 2.15. The van der Waals surface area contributed by atoms with Crippen molar-refractivity contribution in [3.05, 3.63) is 38.4 Å². The van der Waals surface area contributed by atoms with Crippen LogP contribution in [-0.4, -0.2) is 15.5 Å². The second-order valence-electron chi connectivity index (χ2n) is 3.76. The Labute approximate surface area is 123 Å². The van der Waals surface area contributed by atoms with Crippen LogP contribution in [0.5, 0.6) is 0 Å². The number of carbonyl (C=O) groups is 1. The standard InChI is InChI=1S/C12H12IN3OS/c1-2-4-10-11(18-16-15-10)12(17)14-9-6-3-5-8(13)7-9/h3,5-7H,2,4H2,1H3,(H,14,17). The van der Waals surface area contributed by atoms with Gasteiger partial charge in [0.2, 0.25) is 0 Å². The third-order valence-corrected chi connectivity index (χ3v) is 3.77. The number of rotatable bonds is 4. The molecule has 2 rings (SSSR count). The summed E-state index contributed by atoms with van der Waals surface area (Å²) in [6.45, 7) is 2.06. The van der Waals surface area contributed by atoms with E-state index in [4.69, 9.17) is 0 Å². The van der Waals surface area contributed by atoms with Crippen LogP contribution in [0.3, 0.4) is 0 Å². The first-order valence-corrected chi connectivity index (χ1v) is 7.44. The molecule has 0 aliphatic carbocycles. The molecule has 0 saturated carbocycles. The first kappa shape index (κ1) is 13.4. The largest absolute Gasteiger partial charge is 0.321 e. The number of amides is 1. The molecule has 0 spiro atoms. The highest BCUT2D eigenvalue weighted by molar-refractivity contribution is 14.1. The maximum absolute atomic E-state index is 12.1. The lowest BCUT2D eigenvalue weighted by Crippen LogP contribution is -2.12. The monoisotopic (exact) mass is 373 g/mol. The van der Waals surface area contributed by atoms with Gasteiger partial charge in [0.15, 0.2) is 0 Å². The molecule has 1 aromatic carbocycles. The van der Waals surface area contributed by atoms with Gasteiger partial charge < -0.3 is 5.32 Å². The van der Waals surface area contributed by atoms with Crippen molar-refractivity contribution in [3.63, 3.8) is 0 Å². The van der Waals surface area contributed by atoms with E-state index in [1.807, 2.05) is 24.3 Å². The van der Waals surface area contributed by atoms with Crippen LogP contribution in [-0.2, 0) is 6.42 Å². The lowest BCUT2D eigenvalue weighted by Gasteiger charge is -2.04.